The van der Waals surface area contributed by atoms with Gasteiger partial charge in [0.15, 0.2) is 0 Å². The molecule has 7 unspecified atom stereocenters. The van der Waals surface area contributed by atoms with E-state index in [1.54, 1.807) is 11.3 Å². The average Bonchev–Trinajstić information content (AvgIpc) is 3.20. The fourth-order valence-electron chi connectivity index (χ4n) is 5.06. The summed E-state index contributed by atoms with van der Waals surface area (Å²) in [6.45, 7) is 18.3. The van der Waals surface area contributed by atoms with E-state index in [4.69, 9.17) is 4.74 Å². The summed E-state index contributed by atoms with van der Waals surface area (Å²) in [6.07, 6.45) is 4.42. The monoisotopic (exact) mass is 505 g/mol. The van der Waals surface area contributed by atoms with Crippen LogP contribution in [0.15, 0.2) is 11.0 Å². The highest BCUT2D eigenvalue weighted by molar-refractivity contribution is 7.09. The summed E-state index contributed by atoms with van der Waals surface area (Å²) < 4.78 is 6.02. The molecule has 198 valence electrons. The fraction of sp³-hybridized carbons (Fsp3) is 0.759. The minimum absolute atomic E-state index is 0.0108. The largest absolute Gasteiger partial charge is 0.458 e. The van der Waals surface area contributed by atoms with Crippen molar-refractivity contribution in [2.24, 2.45) is 35.0 Å². The van der Waals surface area contributed by atoms with Crippen molar-refractivity contribution in [3.63, 3.8) is 0 Å². The van der Waals surface area contributed by atoms with E-state index in [2.05, 4.69) is 18.8 Å². The smallest absolute Gasteiger partial charge is 0.306 e. The van der Waals surface area contributed by atoms with Crippen molar-refractivity contribution in [2.75, 3.05) is 0 Å². The summed E-state index contributed by atoms with van der Waals surface area (Å²) in [5.74, 6) is 0.306. The van der Waals surface area contributed by atoms with E-state index < -0.39 is 17.6 Å². The predicted molar refractivity (Wildman–Crippen MR) is 144 cm³/mol. The Hall–Kier alpha value is -1.53. The molecule has 0 radical (unpaired) electrons. The molecule has 5 nitrogen and oxygen atoms in total. The molecule has 1 aromatic heterocycles. The van der Waals surface area contributed by atoms with Crippen molar-refractivity contribution in [1.29, 1.82) is 0 Å². The molecule has 0 bridgehead atoms. The zero-order valence-electron chi connectivity index (χ0n) is 23.3. The molecule has 0 aliphatic carbocycles. The van der Waals surface area contributed by atoms with Crippen molar-refractivity contribution in [3.05, 3.63) is 21.7 Å². The quantitative estimate of drug-likeness (QED) is 0.444. The summed E-state index contributed by atoms with van der Waals surface area (Å²) in [6, 6.07) is 0. The normalized spacial score (nSPS) is 34.5. The van der Waals surface area contributed by atoms with Crippen LogP contribution in [-0.2, 0) is 14.3 Å². The number of ether oxygens (including phenoxy) is 1. The summed E-state index contributed by atoms with van der Waals surface area (Å²) in [7, 11) is 0. The molecule has 1 aromatic rings. The zero-order chi connectivity index (χ0) is 26.5. The fourth-order valence-corrected chi connectivity index (χ4v) is 5.63. The van der Waals surface area contributed by atoms with Crippen LogP contribution >= 0.6 is 11.3 Å². The Balaban J connectivity index is 2.33. The molecule has 1 fully saturated rings. The van der Waals surface area contributed by atoms with Crippen molar-refractivity contribution >= 4 is 29.2 Å². The number of aliphatic hydroxyl groups is 1. The third-order valence-electron chi connectivity index (χ3n) is 8.64. The molecule has 0 spiro atoms. The van der Waals surface area contributed by atoms with Gasteiger partial charge in [-0.2, -0.15) is 0 Å². The first-order chi connectivity index (χ1) is 16.2. The van der Waals surface area contributed by atoms with Gasteiger partial charge in [-0.05, 0) is 62.0 Å². The van der Waals surface area contributed by atoms with Gasteiger partial charge < -0.3 is 9.84 Å². The minimum atomic E-state index is -0.620. The summed E-state index contributed by atoms with van der Waals surface area (Å²) in [5, 5.41) is 13.9. The first-order valence-corrected chi connectivity index (χ1v) is 14.1. The highest BCUT2D eigenvalue weighted by Crippen LogP contribution is 2.38. The van der Waals surface area contributed by atoms with Crippen molar-refractivity contribution in [3.8, 4) is 0 Å². The second kappa shape index (κ2) is 12.6. The van der Waals surface area contributed by atoms with E-state index in [1.807, 2.05) is 59.9 Å². The standard InChI is InChI=1S/C29H47NO4S/c1-17-11-10-12-25(31)18(2)14-26(19(3)13-24-16-35-23(7)30-24)34-27(32)15-20(4)29(8,9)28(33)22(6)21(17)5/h13,16-18,20-22,25-26,31H,10-12,14-15H2,1-9H3/b19-13+. The number of ketones is 1. The average molecular weight is 506 g/mol. The van der Waals surface area contributed by atoms with Crippen molar-refractivity contribution < 1.29 is 19.4 Å². The van der Waals surface area contributed by atoms with Gasteiger partial charge in [-0.25, -0.2) is 4.98 Å². The van der Waals surface area contributed by atoms with Gasteiger partial charge in [0.1, 0.15) is 11.9 Å². The lowest BCUT2D eigenvalue weighted by Gasteiger charge is -2.36. The highest BCUT2D eigenvalue weighted by atomic mass is 32.1. The van der Waals surface area contributed by atoms with Gasteiger partial charge >= 0.3 is 5.97 Å². The maximum absolute atomic E-state index is 13.5. The number of Topliss-reactive ketones (excluding diaryl/α,β-unsaturated/α-hetero) is 1. The summed E-state index contributed by atoms with van der Waals surface area (Å²) in [4.78, 5) is 31.1. The van der Waals surface area contributed by atoms with Gasteiger partial charge in [-0.3, -0.25) is 9.59 Å². The summed E-state index contributed by atoms with van der Waals surface area (Å²) in [5.41, 5.74) is 1.16. The first-order valence-electron chi connectivity index (χ1n) is 13.3. The number of carbonyl (C=O) groups excluding carboxylic acids is 2. The van der Waals surface area contributed by atoms with E-state index in [-0.39, 0.29) is 41.8 Å². The van der Waals surface area contributed by atoms with Crippen LogP contribution in [-0.4, -0.2) is 34.1 Å². The maximum Gasteiger partial charge on any atom is 0.306 e. The Labute approximate surface area is 216 Å². The number of cyclic esters (lactones) is 1. The molecule has 1 aliphatic heterocycles. The number of aryl methyl sites for hydroxylation is 1. The van der Waals surface area contributed by atoms with Gasteiger partial charge in [-0.1, -0.05) is 61.3 Å². The lowest BCUT2D eigenvalue weighted by Crippen LogP contribution is -2.40. The van der Waals surface area contributed by atoms with Crippen molar-refractivity contribution in [2.45, 2.75) is 107 Å². The first kappa shape index (κ1) is 29.7. The molecular formula is C29H47NO4S. The Morgan fingerprint density at radius 2 is 1.80 bits per heavy atom. The lowest BCUT2D eigenvalue weighted by molar-refractivity contribution is -0.151. The Morgan fingerprint density at radius 1 is 1.14 bits per heavy atom. The molecule has 35 heavy (non-hydrogen) atoms. The molecule has 1 aliphatic rings. The molecule has 6 heteroatoms. The van der Waals surface area contributed by atoms with E-state index in [0.29, 0.717) is 18.8 Å². The van der Waals surface area contributed by atoms with Crippen molar-refractivity contribution in [1.82, 2.24) is 4.98 Å². The van der Waals surface area contributed by atoms with Crippen LogP contribution in [0.4, 0.5) is 0 Å². The number of esters is 1. The number of aromatic nitrogens is 1. The molecule has 1 N–H and O–H groups in total. The molecule has 2 rings (SSSR count). The molecular weight excluding hydrogens is 458 g/mol. The van der Waals surface area contributed by atoms with Crippen LogP contribution in [0.2, 0.25) is 0 Å². The van der Waals surface area contributed by atoms with Crippen LogP contribution in [0.1, 0.15) is 98.2 Å². The van der Waals surface area contributed by atoms with E-state index in [9.17, 15) is 14.7 Å². The Kier molecular flexibility index (Phi) is 10.7. The molecule has 0 aromatic carbocycles. The topological polar surface area (TPSA) is 76.5 Å². The third-order valence-corrected chi connectivity index (χ3v) is 9.43. The van der Waals surface area contributed by atoms with Crippen LogP contribution in [0.25, 0.3) is 6.08 Å². The zero-order valence-corrected chi connectivity index (χ0v) is 24.1. The van der Waals surface area contributed by atoms with E-state index >= 15 is 0 Å². The SMILES string of the molecule is C/C(=C\c1csc(C)n1)C1CC(C)C(O)CCCC(C)C(C)C(C)C(=O)C(C)(C)C(C)CC(=O)O1. The van der Waals surface area contributed by atoms with Gasteiger partial charge in [0.2, 0.25) is 0 Å². The molecule has 1 saturated heterocycles. The third kappa shape index (κ3) is 7.98. The molecule has 0 saturated carbocycles. The van der Waals surface area contributed by atoms with Crippen LogP contribution in [0.3, 0.4) is 0 Å². The number of rotatable bonds is 2. The Bertz CT molecular complexity index is 889. The molecule has 0 amide bonds. The van der Waals surface area contributed by atoms with E-state index in [1.165, 1.54) is 0 Å². The number of carbonyl (C=O) groups is 2. The van der Waals surface area contributed by atoms with Crippen LogP contribution in [0.5, 0.6) is 0 Å². The maximum atomic E-state index is 13.5. The minimum Gasteiger partial charge on any atom is -0.458 e. The second-order valence-electron chi connectivity index (χ2n) is 11.7. The number of nitrogens with zero attached hydrogens (tertiary/aromatic N) is 1. The molecule has 7 atom stereocenters. The van der Waals surface area contributed by atoms with Gasteiger partial charge in [0.25, 0.3) is 0 Å². The highest BCUT2D eigenvalue weighted by Gasteiger charge is 2.40. The van der Waals surface area contributed by atoms with Gasteiger partial charge in [-0.15, -0.1) is 11.3 Å². The van der Waals surface area contributed by atoms with E-state index in [0.717, 1.165) is 29.1 Å². The number of aliphatic hydroxyl groups excluding tert-OH is 1. The van der Waals surface area contributed by atoms with Gasteiger partial charge in [0.05, 0.1) is 16.8 Å². The summed E-state index contributed by atoms with van der Waals surface area (Å²) >= 11 is 1.59. The number of hydrogen-bond acceptors (Lipinski definition) is 6. The Morgan fingerprint density at radius 3 is 2.40 bits per heavy atom. The van der Waals surface area contributed by atoms with Crippen LogP contribution in [0, 0.1) is 41.9 Å². The second-order valence-corrected chi connectivity index (χ2v) is 12.7. The van der Waals surface area contributed by atoms with Gasteiger partial charge in [0, 0.05) is 23.1 Å². The molecule has 2 heterocycles. The number of thiazole rings is 1. The predicted octanol–water partition coefficient (Wildman–Crippen LogP) is 6.87. The van der Waals surface area contributed by atoms with Crippen LogP contribution < -0.4 is 0 Å². The lowest BCUT2D eigenvalue weighted by atomic mass is 9.67. The number of hydrogen-bond donors (Lipinski definition) is 1.